The molecule has 1 N–H and O–H groups in total. The Morgan fingerprint density at radius 1 is 1.39 bits per heavy atom. The van der Waals surface area contributed by atoms with E-state index in [0.29, 0.717) is 5.56 Å². The first-order valence-electron chi connectivity index (χ1n) is 5.59. The van der Waals surface area contributed by atoms with E-state index in [-0.39, 0.29) is 12.0 Å². The van der Waals surface area contributed by atoms with E-state index in [4.69, 9.17) is 0 Å². The second kappa shape index (κ2) is 4.86. The van der Waals surface area contributed by atoms with E-state index in [0.717, 1.165) is 23.9 Å². The number of aliphatic hydroxyl groups excluding tert-OH is 1. The van der Waals surface area contributed by atoms with E-state index in [2.05, 4.69) is 5.10 Å². The summed E-state index contributed by atoms with van der Waals surface area (Å²) in [7, 11) is 1.76. The van der Waals surface area contributed by atoms with E-state index in [9.17, 15) is 13.9 Å². The van der Waals surface area contributed by atoms with Crippen LogP contribution in [0, 0.1) is 18.6 Å². The van der Waals surface area contributed by atoms with Crippen molar-refractivity contribution < 1.29 is 13.9 Å². The van der Waals surface area contributed by atoms with E-state index in [1.807, 2.05) is 6.92 Å². The van der Waals surface area contributed by atoms with Crippen molar-refractivity contribution >= 4 is 0 Å². The molecule has 0 fully saturated rings. The summed E-state index contributed by atoms with van der Waals surface area (Å²) in [6, 6.07) is 3.22. The molecule has 0 radical (unpaired) electrons. The van der Waals surface area contributed by atoms with Crippen LogP contribution < -0.4 is 0 Å². The average molecular weight is 252 g/mol. The van der Waals surface area contributed by atoms with Crippen molar-refractivity contribution in [2.45, 2.75) is 19.4 Å². The summed E-state index contributed by atoms with van der Waals surface area (Å²) in [6.07, 6.45) is 0.669. The van der Waals surface area contributed by atoms with Crippen LogP contribution in [-0.4, -0.2) is 14.9 Å². The van der Waals surface area contributed by atoms with Crippen LogP contribution in [0.2, 0.25) is 0 Å². The average Bonchev–Trinajstić information content (AvgIpc) is 2.65. The molecule has 96 valence electrons. The second-order valence-corrected chi connectivity index (χ2v) is 4.26. The van der Waals surface area contributed by atoms with Crippen LogP contribution >= 0.6 is 0 Å². The predicted molar refractivity (Wildman–Crippen MR) is 63.0 cm³/mol. The highest BCUT2D eigenvalue weighted by Gasteiger charge is 2.16. The molecule has 5 heteroatoms. The molecule has 0 bridgehead atoms. The fourth-order valence-electron chi connectivity index (χ4n) is 1.86. The van der Waals surface area contributed by atoms with Gasteiger partial charge >= 0.3 is 0 Å². The topological polar surface area (TPSA) is 38.1 Å². The van der Waals surface area contributed by atoms with Gasteiger partial charge in [-0.3, -0.25) is 4.68 Å². The van der Waals surface area contributed by atoms with Gasteiger partial charge in [0.15, 0.2) is 0 Å². The van der Waals surface area contributed by atoms with Crippen molar-refractivity contribution in [2.24, 2.45) is 7.05 Å². The Bertz CT molecular complexity index is 566. The standard InChI is InChI=1S/C13H14F2N2O/c1-8-11(7-16-17(8)2)13(18)6-9-5-10(14)3-4-12(9)15/h3-5,7,13,18H,6H2,1-2H3. The number of aliphatic hydroxyl groups is 1. The molecule has 0 aliphatic rings. The summed E-state index contributed by atoms with van der Waals surface area (Å²) >= 11 is 0. The summed E-state index contributed by atoms with van der Waals surface area (Å²) in [6.45, 7) is 1.81. The van der Waals surface area contributed by atoms with Gasteiger partial charge in [0, 0.05) is 24.7 Å². The van der Waals surface area contributed by atoms with Crippen LogP contribution in [0.4, 0.5) is 8.78 Å². The number of aryl methyl sites for hydroxylation is 1. The number of halogens is 2. The van der Waals surface area contributed by atoms with Gasteiger partial charge in [0.05, 0.1) is 12.3 Å². The van der Waals surface area contributed by atoms with Crippen LogP contribution in [0.3, 0.4) is 0 Å². The number of rotatable bonds is 3. The number of nitrogens with zero attached hydrogens (tertiary/aromatic N) is 2. The molecule has 1 heterocycles. The van der Waals surface area contributed by atoms with Gasteiger partial charge < -0.3 is 5.11 Å². The predicted octanol–water partition coefficient (Wildman–Crippen LogP) is 2.28. The quantitative estimate of drug-likeness (QED) is 0.910. The van der Waals surface area contributed by atoms with Gasteiger partial charge in [0.25, 0.3) is 0 Å². The highest BCUT2D eigenvalue weighted by molar-refractivity contribution is 5.24. The molecular weight excluding hydrogens is 238 g/mol. The molecule has 0 aliphatic heterocycles. The van der Waals surface area contributed by atoms with Crippen LogP contribution in [0.15, 0.2) is 24.4 Å². The zero-order valence-electron chi connectivity index (χ0n) is 10.2. The summed E-state index contributed by atoms with van der Waals surface area (Å²) in [5.74, 6) is -1.03. The van der Waals surface area contributed by atoms with Crippen molar-refractivity contribution in [3.05, 3.63) is 52.9 Å². The van der Waals surface area contributed by atoms with Crippen molar-refractivity contribution in [3.8, 4) is 0 Å². The Labute approximate surface area is 104 Å². The third kappa shape index (κ3) is 2.41. The van der Waals surface area contributed by atoms with Crippen LogP contribution in [-0.2, 0) is 13.5 Å². The molecule has 2 aromatic rings. The first kappa shape index (κ1) is 12.7. The molecule has 0 saturated heterocycles. The van der Waals surface area contributed by atoms with E-state index in [1.165, 1.54) is 6.20 Å². The summed E-state index contributed by atoms with van der Waals surface area (Å²) in [5.41, 5.74) is 1.59. The molecule has 1 atom stereocenters. The maximum atomic E-state index is 13.5. The Kier molecular flexibility index (Phi) is 3.43. The van der Waals surface area contributed by atoms with Gasteiger partial charge in [0.1, 0.15) is 11.6 Å². The van der Waals surface area contributed by atoms with Gasteiger partial charge in [-0.1, -0.05) is 0 Å². The third-order valence-electron chi connectivity index (χ3n) is 3.05. The number of aromatic nitrogens is 2. The van der Waals surface area contributed by atoms with Crippen molar-refractivity contribution in [1.29, 1.82) is 0 Å². The lowest BCUT2D eigenvalue weighted by molar-refractivity contribution is 0.176. The van der Waals surface area contributed by atoms with Crippen LogP contribution in [0.5, 0.6) is 0 Å². The van der Waals surface area contributed by atoms with Crippen molar-refractivity contribution in [3.63, 3.8) is 0 Å². The number of hydrogen-bond acceptors (Lipinski definition) is 2. The highest BCUT2D eigenvalue weighted by Crippen LogP contribution is 2.22. The van der Waals surface area contributed by atoms with Gasteiger partial charge in [-0.15, -0.1) is 0 Å². The second-order valence-electron chi connectivity index (χ2n) is 4.26. The summed E-state index contributed by atoms with van der Waals surface area (Å²) in [5, 5.41) is 14.0. The molecule has 0 spiro atoms. The van der Waals surface area contributed by atoms with Gasteiger partial charge in [-0.2, -0.15) is 5.10 Å². The Morgan fingerprint density at radius 2 is 2.11 bits per heavy atom. The molecule has 0 amide bonds. The molecule has 3 nitrogen and oxygen atoms in total. The SMILES string of the molecule is Cc1c(C(O)Cc2cc(F)ccc2F)cnn1C. The van der Waals surface area contributed by atoms with E-state index < -0.39 is 17.7 Å². The molecule has 1 aromatic carbocycles. The minimum atomic E-state index is -0.894. The molecule has 1 unspecified atom stereocenters. The van der Waals surface area contributed by atoms with Crippen molar-refractivity contribution in [2.75, 3.05) is 0 Å². The maximum absolute atomic E-state index is 13.5. The van der Waals surface area contributed by atoms with E-state index >= 15 is 0 Å². The van der Waals surface area contributed by atoms with E-state index in [1.54, 1.807) is 11.7 Å². The zero-order chi connectivity index (χ0) is 13.3. The zero-order valence-corrected chi connectivity index (χ0v) is 10.2. The van der Waals surface area contributed by atoms with Crippen LogP contribution in [0.1, 0.15) is 22.9 Å². The number of benzene rings is 1. The fraction of sp³-hybridized carbons (Fsp3) is 0.308. The molecule has 18 heavy (non-hydrogen) atoms. The third-order valence-corrected chi connectivity index (χ3v) is 3.05. The summed E-state index contributed by atoms with van der Waals surface area (Å²) < 4.78 is 28.1. The summed E-state index contributed by atoms with van der Waals surface area (Å²) in [4.78, 5) is 0. The maximum Gasteiger partial charge on any atom is 0.126 e. The molecule has 0 saturated carbocycles. The normalized spacial score (nSPS) is 12.7. The smallest absolute Gasteiger partial charge is 0.126 e. The Morgan fingerprint density at radius 3 is 2.72 bits per heavy atom. The van der Waals surface area contributed by atoms with Crippen LogP contribution in [0.25, 0.3) is 0 Å². The Balaban J connectivity index is 2.23. The molecule has 1 aromatic heterocycles. The monoisotopic (exact) mass is 252 g/mol. The van der Waals surface area contributed by atoms with Gasteiger partial charge in [-0.25, -0.2) is 8.78 Å². The fourth-order valence-corrected chi connectivity index (χ4v) is 1.86. The lowest BCUT2D eigenvalue weighted by Gasteiger charge is -2.11. The van der Waals surface area contributed by atoms with Crippen molar-refractivity contribution in [1.82, 2.24) is 9.78 Å². The molecule has 2 rings (SSSR count). The Hall–Kier alpha value is -1.75. The molecular formula is C13H14F2N2O. The largest absolute Gasteiger partial charge is 0.388 e. The molecule has 0 aliphatic carbocycles. The minimum absolute atomic E-state index is 0.0239. The van der Waals surface area contributed by atoms with Gasteiger partial charge in [-0.05, 0) is 30.7 Å². The number of hydrogen-bond donors (Lipinski definition) is 1. The lowest BCUT2D eigenvalue weighted by atomic mass is 10.0. The first-order valence-corrected chi connectivity index (χ1v) is 5.59. The first-order chi connectivity index (χ1) is 8.49. The lowest BCUT2D eigenvalue weighted by Crippen LogP contribution is -2.05. The minimum Gasteiger partial charge on any atom is -0.388 e. The highest BCUT2D eigenvalue weighted by atomic mass is 19.1. The van der Waals surface area contributed by atoms with Gasteiger partial charge in [0.2, 0.25) is 0 Å².